The molecular formula is C18H20N2O4. The van der Waals surface area contributed by atoms with Crippen LogP contribution in [0.1, 0.15) is 17.1 Å². The number of nitrogens with one attached hydrogen (secondary N) is 1. The standard InChI is InChI=1S/C18H20N2O4/c1-4-5-14-7-9-16(17(10-14)22-3)23-12-18(21)20-19-11-15-8-6-13(2)24-15/h4,6-11H,1,5,12H2,2-3H3,(H,20,21)/b19-11+. The van der Waals surface area contributed by atoms with Gasteiger partial charge in [-0.1, -0.05) is 12.1 Å². The number of hydrogen-bond acceptors (Lipinski definition) is 5. The van der Waals surface area contributed by atoms with Crippen molar-refractivity contribution in [1.29, 1.82) is 0 Å². The summed E-state index contributed by atoms with van der Waals surface area (Å²) in [5.74, 6) is 2.01. The van der Waals surface area contributed by atoms with Gasteiger partial charge in [0.15, 0.2) is 18.1 Å². The molecular weight excluding hydrogens is 308 g/mol. The summed E-state index contributed by atoms with van der Waals surface area (Å²) >= 11 is 0. The number of allylic oxidation sites excluding steroid dienone is 1. The zero-order valence-electron chi connectivity index (χ0n) is 13.7. The number of nitrogens with zero attached hydrogens (tertiary/aromatic N) is 1. The Labute approximate surface area is 140 Å². The van der Waals surface area contributed by atoms with E-state index in [9.17, 15) is 4.79 Å². The molecule has 0 saturated heterocycles. The summed E-state index contributed by atoms with van der Waals surface area (Å²) < 4.78 is 16.0. The highest BCUT2D eigenvalue weighted by atomic mass is 16.5. The largest absolute Gasteiger partial charge is 0.493 e. The van der Waals surface area contributed by atoms with Crippen LogP contribution in [0.25, 0.3) is 0 Å². The number of ether oxygens (including phenoxy) is 2. The van der Waals surface area contributed by atoms with Gasteiger partial charge in [-0.25, -0.2) is 5.43 Å². The van der Waals surface area contributed by atoms with Crippen molar-refractivity contribution < 1.29 is 18.7 Å². The van der Waals surface area contributed by atoms with Crippen molar-refractivity contribution in [3.05, 3.63) is 60.1 Å². The fourth-order valence-corrected chi connectivity index (χ4v) is 1.99. The maximum Gasteiger partial charge on any atom is 0.277 e. The Hall–Kier alpha value is -3.02. The number of benzene rings is 1. The molecule has 0 aliphatic heterocycles. The van der Waals surface area contributed by atoms with E-state index < -0.39 is 0 Å². The minimum atomic E-state index is -0.383. The van der Waals surface area contributed by atoms with E-state index in [0.717, 1.165) is 17.7 Å². The minimum Gasteiger partial charge on any atom is -0.493 e. The number of hydrogen-bond donors (Lipinski definition) is 1. The highest BCUT2D eigenvalue weighted by Crippen LogP contribution is 2.28. The molecule has 0 atom stereocenters. The zero-order valence-corrected chi connectivity index (χ0v) is 13.7. The van der Waals surface area contributed by atoms with Crippen molar-refractivity contribution in [3.63, 3.8) is 0 Å². The van der Waals surface area contributed by atoms with Crippen LogP contribution in [0.15, 0.2) is 52.5 Å². The maximum absolute atomic E-state index is 11.7. The molecule has 0 saturated carbocycles. The Bertz CT molecular complexity index is 734. The van der Waals surface area contributed by atoms with E-state index in [2.05, 4.69) is 17.1 Å². The van der Waals surface area contributed by atoms with Gasteiger partial charge in [0, 0.05) is 0 Å². The average molecular weight is 328 g/mol. The van der Waals surface area contributed by atoms with E-state index >= 15 is 0 Å². The lowest BCUT2D eigenvalue weighted by atomic mass is 10.1. The Morgan fingerprint density at radius 2 is 2.17 bits per heavy atom. The third-order valence-electron chi connectivity index (χ3n) is 3.11. The van der Waals surface area contributed by atoms with Gasteiger partial charge in [0.25, 0.3) is 5.91 Å². The van der Waals surface area contributed by atoms with E-state index in [1.54, 1.807) is 25.3 Å². The second kappa shape index (κ2) is 8.57. The van der Waals surface area contributed by atoms with Crippen LogP contribution in [-0.2, 0) is 11.2 Å². The molecule has 1 amide bonds. The fourth-order valence-electron chi connectivity index (χ4n) is 1.99. The van der Waals surface area contributed by atoms with Gasteiger partial charge in [0.05, 0.1) is 13.3 Å². The molecule has 1 aromatic heterocycles. The average Bonchev–Trinajstić information content (AvgIpc) is 2.99. The molecule has 6 heteroatoms. The highest BCUT2D eigenvalue weighted by Gasteiger charge is 2.08. The van der Waals surface area contributed by atoms with Gasteiger partial charge in [0.2, 0.25) is 0 Å². The smallest absolute Gasteiger partial charge is 0.277 e. The monoisotopic (exact) mass is 328 g/mol. The van der Waals surface area contributed by atoms with Crippen molar-refractivity contribution in [2.75, 3.05) is 13.7 Å². The van der Waals surface area contributed by atoms with Crippen LogP contribution in [-0.4, -0.2) is 25.8 Å². The van der Waals surface area contributed by atoms with Crippen LogP contribution in [0.5, 0.6) is 11.5 Å². The van der Waals surface area contributed by atoms with E-state index in [1.807, 2.05) is 25.1 Å². The normalized spacial score (nSPS) is 10.6. The number of carbonyl (C=O) groups excluding carboxylic acids is 1. The molecule has 2 aromatic rings. The van der Waals surface area contributed by atoms with Gasteiger partial charge >= 0.3 is 0 Å². The van der Waals surface area contributed by atoms with Crippen molar-refractivity contribution >= 4 is 12.1 Å². The molecule has 0 unspecified atom stereocenters. The van der Waals surface area contributed by atoms with E-state index in [4.69, 9.17) is 13.9 Å². The molecule has 0 spiro atoms. The second-order valence-corrected chi connectivity index (χ2v) is 5.01. The topological polar surface area (TPSA) is 73.1 Å². The zero-order chi connectivity index (χ0) is 17.4. The van der Waals surface area contributed by atoms with Crippen molar-refractivity contribution in [3.8, 4) is 11.5 Å². The van der Waals surface area contributed by atoms with Gasteiger partial charge in [0.1, 0.15) is 11.5 Å². The predicted octanol–water partition coefficient (Wildman–Crippen LogP) is 2.85. The number of rotatable bonds is 8. The fraction of sp³-hybridized carbons (Fsp3) is 0.222. The summed E-state index contributed by atoms with van der Waals surface area (Å²) in [6.07, 6.45) is 3.97. The van der Waals surface area contributed by atoms with E-state index in [0.29, 0.717) is 17.3 Å². The van der Waals surface area contributed by atoms with Gasteiger partial charge in [-0.15, -0.1) is 6.58 Å². The van der Waals surface area contributed by atoms with Gasteiger partial charge in [-0.3, -0.25) is 4.79 Å². The molecule has 0 bridgehead atoms. The summed E-state index contributed by atoms with van der Waals surface area (Å²) in [7, 11) is 1.55. The van der Waals surface area contributed by atoms with Crippen LogP contribution < -0.4 is 14.9 Å². The molecule has 0 fully saturated rings. The lowest BCUT2D eigenvalue weighted by Crippen LogP contribution is -2.24. The first-order valence-corrected chi connectivity index (χ1v) is 7.41. The number of carbonyl (C=O) groups is 1. The first kappa shape index (κ1) is 17.3. The lowest BCUT2D eigenvalue weighted by molar-refractivity contribution is -0.123. The molecule has 24 heavy (non-hydrogen) atoms. The van der Waals surface area contributed by atoms with Crippen molar-refractivity contribution in [2.45, 2.75) is 13.3 Å². The molecule has 0 aliphatic rings. The van der Waals surface area contributed by atoms with Crippen LogP contribution in [0, 0.1) is 6.92 Å². The number of hydrazone groups is 1. The number of furan rings is 1. The Kier molecular flexibility index (Phi) is 6.19. The van der Waals surface area contributed by atoms with Crippen LogP contribution in [0.3, 0.4) is 0 Å². The van der Waals surface area contributed by atoms with Crippen molar-refractivity contribution in [1.82, 2.24) is 5.43 Å². The summed E-state index contributed by atoms with van der Waals surface area (Å²) in [6.45, 7) is 5.36. The SMILES string of the molecule is C=CCc1ccc(OCC(=O)N/N=C/c2ccc(C)o2)c(OC)c1. The summed E-state index contributed by atoms with van der Waals surface area (Å²) in [5.41, 5.74) is 3.42. The third kappa shape index (κ3) is 5.01. The number of aryl methyl sites for hydroxylation is 1. The molecule has 1 heterocycles. The Balaban J connectivity index is 1.86. The minimum absolute atomic E-state index is 0.175. The quantitative estimate of drug-likeness (QED) is 0.459. The number of methoxy groups -OCH3 is 1. The molecule has 2 rings (SSSR count). The molecule has 1 N–H and O–H groups in total. The van der Waals surface area contributed by atoms with E-state index in [1.165, 1.54) is 6.21 Å². The Morgan fingerprint density at radius 1 is 1.33 bits per heavy atom. The summed E-state index contributed by atoms with van der Waals surface area (Å²) in [4.78, 5) is 11.7. The lowest BCUT2D eigenvalue weighted by Gasteiger charge is -2.11. The molecule has 1 aromatic carbocycles. The van der Waals surface area contributed by atoms with Gasteiger partial charge in [-0.05, 0) is 43.2 Å². The molecule has 0 radical (unpaired) electrons. The molecule has 126 valence electrons. The predicted molar refractivity (Wildman–Crippen MR) is 91.6 cm³/mol. The van der Waals surface area contributed by atoms with Gasteiger partial charge < -0.3 is 13.9 Å². The molecule has 6 nitrogen and oxygen atoms in total. The maximum atomic E-state index is 11.7. The first-order chi connectivity index (χ1) is 11.6. The van der Waals surface area contributed by atoms with Crippen LogP contribution >= 0.6 is 0 Å². The van der Waals surface area contributed by atoms with Crippen molar-refractivity contribution in [2.24, 2.45) is 5.10 Å². The highest BCUT2D eigenvalue weighted by molar-refractivity contribution is 5.81. The molecule has 0 aliphatic carbocycles. The first-order valence-electron chi connectivity index (χ1n) is 7.41. The summed E-state index contributed by atoms with van der Waals surface area (Å²) in [6, 6.07) is 9.09. The second-order valence-electron chi connectivity index (χ2n) is 5.01. The Morgan fingerprint density at radius 3 is 2.83 bits per heavy atom. The third-order valence-corrected chi connectivity index (χ3v) is 3.11. The van der Waals surface area contributed by atoms with Crippen LogP contribution in [0.2, 0.25) is 0 Å². The van der Waals surface area contributed by atoms with Crippen LogP contribution in [0.4, 0.5) is 0 Å². The van der Waals surface area contributed by atoms with E-state index in [-0.39, 0.29) is 12.5 Å². The van der Waals surface area contributed by atoms with Gasteiger partial charge in [-0.2, -0.15) is 5.10 Å². The summed E-state index contributed by atoms with van der Waals surface area (Å²) in [5, 5.41) is 3.81. The number of amides is 1.